The van der Waals surface area contributed by atoms with Gasteiger partial charge in [-0.1, -0.05) is 29.8 Å². The third-order valence-electron chi connectivity index (χ3n) is 3.61. The summed E-state index contributed by atoms with van der Waals surface area (Å²) < 4.78 is 5.34. The summed E-state index contributed by atoms with van der Waals surface area (Å²) in [6, 6.07) is 15.4. The molecule has 0 radical (unpaired) electrons. The maximum absolute atomic E-state index is 12.1. The van der Waals surface area contributed by atoms with Gasteiger partial charge in [-0.05, 0) is 49.4 Å². The second-order valence-electron chi connectivity index (χ2n) is 5.44. The van der Waals surface area contributed by atoms with Crippen LogP contribution in [0.15, 0.2) is 53.4 Å². The van der Waals surface area contributed by atoms with Crippen LogP contribution in [0.1, 0.15) is 31.4 Å². The molecule has 0 aliphatic heterocycles. The number of nitrogens with one attached hydrogen (secondary N) is 1. The molecular weight excluding hydrogens is 342 g/mol. The van der Waals surface area contributed by atoms with E-state index >= 15 is 0 Å². The van der Waals surface area contributed by atoms with E-state index in [1.54, 1.807) is 18.9 Å². The van der Waals surface area contributed by atoms with Gasteiger partial charge in [-0.25, -0.2) is 0 Å². The standard InChI is InChI=1S/C19H22ClNO2S/c1-14(17-6-3-4-7-18(17)23-2)21-19(22)8-5-13-24-16-11-9-15(20)10-12-16/h3-4,6-7,9-12,14H,5,8,13H2,1-2H3,(H,21,22)/t14-/m0/s1. The number of para-hydroxylation sites is 1. The Morgan fingerprint density at radius 1 is 1.21 bits per heavy atom. The SMILES string of the molecule is COc1ccccc1[C@H](C)NC(=O)CCCSc1ccc(Cl)cc1. The third-order valence-corrected chi connectivity index (χ3v) is 4.96. The minimum Gasteiger partial charge on any atom is -0.496 e. The number of methoxy groups -OCH3 is 1. The quantitative estimate of drug-likeness (QED) is 0.524. The summed E-state index contributed by atoms with van der Waals surface area (Å²) >= 11 is 7.60. The van der Waals surface area contributed by atoms with Crippen LogP contribution in [0.3, 0.4) is 0 Å². The highest BCUT2D eigenvalue weighted by Gasteiger charge is 2.13. The fraction of sp³-hybridized carbons (Fsp3) is 0.316. The number of benzene rings is 2. The normalized spacial score (nSPS) is 11.8. The zero-order chi connectivity index (χ0) is 17.4. The third kappa shape index (κ3) is 5.77. The second kappa shape index (κ2) is 9.60. The average Bonchev–Trinajstić information content (AvgIpc) is 2.60. The van der Waals surface area contributed by atoms with Gasteiger partial charge in [0, 0.05) is 21.9 Å². The molecule has 1 atom stereocenters. The molecule has 128 valence electrons. The van der Waals surface area contributed by atoms with Gasteiger partial charge in [-0.3, -0.25) is 4.79 Å². The van der Waals surface area contributed by atoms with Crippen LogP contribution in [-0.2, 0) is 4.79 Å². The molecule has 5 heteroatoms. The molecule has 0 aliphatic rings. The zero-order valence-corrected chi connectivity index (χ0v) is 15.5. The Balaban J connectivity index is 1.73. The summed E-state index contributed by atoms with van der Waals surface area (Å²) in [5, 5.41) is 3.77. The monoisotopic (exact) mass is 363 g/mol. The molecule has 3 nitrogen and oxygen atoms in total. The Hall–Kier alpha value is -1.65. The Morgan fingerprint density at radius 3 is 2.62 bits per heavy atom. The van der Waals surface area contributed by atoms with Crippen LogP contribution in [0.5, 0.6) is 5.75 Å². The molecule has 0 aliphatic carbocycles. The van der Waals surface area contributed by atoms with E-state index in [1.807, 2.05) is 55.5 Å². The van der Waals surface area contributed by atoms with Crippen LogP contribution >= 0.6 is 23.4 Å². The Kier molecular flexibility index (Phi) is 7.47. The highest BCUT2D eigenvalue weighted by atomic mass is 35.5. The van der Waals surface area contributed by atoms with E-state index in [0.29, 0.717) is 6.42 Å². The molecule has 0 saturated carbocycles. The number of hydrogen-bond acceptors (Lipinski definition) is 3. The summed E-state index contributed by atoms with van der Waals surface area (Å²) in [6.07, 6.45) is 1.35. The summed E-state index contributed by atoms with van der Waals surface area (Å²) in [7, 11) is 1.64. The highest BCUT2D eigenvalue weighted by Crippen LogP contribution is 2.25. The van der Waals surface area contributed by atoms with E-state index < -0.39 is 0 Å². The number of rotatable bonds is 8. The van der Waals surface area contributed by atoms with Crippen molar-refractivity contribution >= 4 is 29.3 Å². The summed E-state index contributed by atoms with van der Waals surface area (Å²) in [6.45, 7) is 1.97. The lowest BCUT2D eigenvalue weighted by atomic mass is 10.1. The summed E-state index contributed by atoms with van der Waals surface area (Å²) in [4.78, 5) is 13.3. The Labute approximate surface area is 152 Å². The fourth-order valence-corrected chi connectivity index (χ4v) is 3.35. The van der Waals surface area contributed by atoms with Gasteiger partial charge in [0.25, 0.3) is 0 Å². The lowest BCUT2D eigenvalue weighted by molar-refractivity contribution is -0.121. The molecule has 0 unspecified atom stereocenters. The number of carbonyl (C=O) groups excluding carboxylic acids is 1. The highest BCUT2D eigenvalue weighted by molar-refractivity contribution is 7.99. The molecule has 2 rings (SSSR count). The number of thioether (sulfide) groups is 1. The van der Waals surface area contributed by atoms with Crippen molar-refractivity contribution in [3.8, 4) is 5.75 Å². The maximum atomic E-state index is 12.1. The predicted molar refractivity (Wildman–Crippen MR) is 101 cm³/mol. The van der Waals surface area contributed by atoms with Crippen LogP contribution < -0.4 is 10.1 Å². The molecule has 1 amide bonds. The largest absolute Gasteiger partial charge is 0.496 e. The number of carbonyl (C=O) groups is 1. The summed E-state index contributed by atoms with van der Waals surface area (Å²) in [5.41, 5.74) is 0.990. The van der Waals surface area contributed by atoms with Gasteiger partial charge in [0.05, 0.1) is 13.2 Å². The lowest BCUT2D eigenvalue weighted by Crippen LogP contribution is -2.26. The van der Waals surface area contributed by atoms with Crippen molar-refractivity contribution < 1.29 is 9.53 Å². The fourth-order valence-electron chi connectivity index (χ4n) is 2.37. The van der Waals surface area contributed by atoms with Crippen molar-refractivity contribution in [2.24, 2.45) is 0 Å². The molecular formula is C19H22ClNO2S. The van der Waals surface area contributed by atoms with E-state index in [2.05, 4.69) is 5.32 Å². The van der Waals surface area contributed by atoms with Crippen LogP contribution in [0.2, 0.25) is 5.02 Å². The Morgan fingerprint density at radius 2 is 1.92 bits per heavy atom. The Bertz CT molecular complexity index is 661. The minimum atomic E-state index is -0.0717. The number of ether oxygens (including phenoxy) is 1. The van der Waals surface area contributed by atoms with Crippen molar-refractivity contribution in [3.63, 3.8) is 0 Å². The van der Waals surface area contributed by atoms with E-state index in [9.17, 15) is 4.79 Å². The van der Waals surface area contributed by atoms with Crippen molar-refractivity contribution in [3.05, 3.63) is 59.1 Å². The van der Waals surface area contributed by atoms with Crippen molar-refractivity contribution in [2.45, 2.75) is 30.7 Å². The molecule has 2 aromatic rings. The van der Waals surface area contributed by atoms with Gasteiger partial charge < -0.3 is 10.1 Å². The first-order valence-electron chi connectivity index (χ1n) is 7.91. The van der Waals surface area contributed by atoms with E-state index in [0.717, 1.165) is 28.5 Å². The van der Waals surface area contributed by atoms with Crippen LogP contribution in [0.25, 0.3) is 0 Å². The first-order chi connectivity index (χ1) is 11.6. The van der Waals surface area contributed by atoms with Crippen molar-refractivity contribution in [1.82, 2.24) is 5.32 Å². The topological polar surface area (TPSA) is 38.3 Å². The number of hydrogen-bond donors (Lipinski definition) is 1. The molecule has 24 heavy (non-hydrogen) atoms. The van der Waals surface area contributed by atoms with Crippen LogP contribution in [0, 0.1) is 0 Å². The van der Waals surface area contributed by atoms with Crippen molar-refractivity contribution in [2.75, 3.05) is 12.9 Å². The molecule has 0 fully saturated rings. The summed E-state index contributed by atoms with van der Waals surface area (Å²) in [5.74, 6) is 1.76. The van der Waals surface area contributed by atoms with E-state index in [4.69, 9.17) is 16.3 Å². The van der Waals surface area contributed by atoms with Crippen LogP contribution in [-0.4, -0.2) is 18.8 Å². The molecule has 0 heterocycles. The molecule has 0 saturated heterocycles. The maximum Gasteiger partial charge on any atom is 0.220 e. The predicted octanol–water partition coefficient (Wildman–Crippen LogP) is 5.10. The molecule has 1 N–H and O–H groups in total. The zero-order valence-electron chi connectivity index (χ0n) is 13.9. The molecule has 0 spiro atoms. The first-order valence-corrected chi connectivity index (χ1v) is 9.27. The molecule has 0 bridgehead atoms. The average molecular weight is 364 g/mol. The van der Waals surface area contributed by atoms with Gasteiger partial charge in [-0.2, -0.15) is 0 Å². The van der Waals surface area contributed by atoms with Crippen LogP contribution in [0.4, 0.5) is 0 Å². The second-order valence-corrected chi connectivity index (χ2v) is 7.04. The van der Waals surface area contributed by atoms with Gasteiger partial charge in [0.1, 0.15) is 5.75 Å². The molecule has 0 aromatic heterocycles. The minimum absolute atomic E-state index is 0.0603. The van der Waals surface area contributed by atoms with Gasteiger partial charge in [-0.15, -0.1) is 11.8 Å². The van der Waals surface area contributed by atoms with Gasteiger partial charge in [0.15, 0.2) is 0 Å². The number of amides is 1. The van der Waals surface area contributed by atoms with Crippen molar-refractivity contribution in [1.29, 1.82) is 0 Å². The smallest absolute Gasteiger partial charge is 0.220 e. The van der Waals surface area contributed by atoms with Gasteiger partial charge in [0.2, 0.25) is 5.91 Å². The molecule has 2 aromatic carbocycles. The number of halogens is 1. The van der Waals surface area contributed by atoms with Gasteiger partial charge >= 0.3 is 0 Å². The van der Waals surface area contributed by atoms with E-state index in [-0.39, 0.29) is 11.9 Å². The lowest BCUT2D eigenvalue weighted by Gasteiger charge is -2.17. The van der Waals surface area contributed by atoms with E-state index in [1.165, 1.54) is 4.90 Å². The first kappa shape index (κ1) is 18.7.